The lowest BCUT2D eigenvalue weighted by molar-refractivity contribution is 0.0367. The first-order valence-electron chi connectivity index (χ1n) is 10.2. The summed E-state index contributed by atoms with van der Waals surface area (Å²) in [6.07, 6.45) is 4.56. The highest BCUT2D eigenvalue weighted by molar-refractivity contribution is 7.13. The van der Waals surface area contributed by atoms with E-state index in [1.165, 1.54) is 13.1 Å². The summed E-state index contributed by atoms with van der Waals surface area (Å²) >= 11 is 1.68. The Morgan fingerprint density at radius 2 is 1.85 bits per heavy atom. The first-order valence-corrected chi connectivity index (χ1v) is 11.1. The summed E-state index contributed by atoms with van der Waals surface area (Å²) in [6.45, 7) is 12.5. The molecule has 3 aliphatic heterocycles. The van der Waals surface area contributed by atoms with Crippen molar-refractivity contribution in [3.8, 4) is 0 Å². The van der Waals surface area contributed by atoms with Crippen molar-refractivity contribution in [2.45, 2.75) is 31.8 Å². The van der Waals surface area contributed by atoms with Crippen LogP contribution in [0, 0.1) is 0 Å². The average Bonchev–Trinajstić information content (AvgIpc) is 3.32. The Balaban J connectivity index is 1.20. The van der Waals surface area contributed by atoms with Crippen molar-refractivity contribution in [1.29, 1.82) is 0 Å². The van der Waals surface area contributed by atoms with E-state index in [9.17, 15) is 4.79 Å². The Bertz CT molecular complexity index is 610. The lowest BCUT2D eigenvalue weighted by Crippen LogP contribution is -2.47. The zero-order valence-corrected chi connectivity index (χ0v) is 17.1. The summed E-state index contributed by atoms with van der Waals surface area (Å²) < 4.78 is 5.86. The van der Waals surface area contributed by atoms with Crippen LogP contribution in [0.1, 0.15) is 26.2 Å². The molecule has 3 fully saturated rings. The second-order valence-electron chi connectivity index (χ2n) is 7.90. The molecule has 0 aliphatic carbocycles. The van der Waals surface area contributed by atoms with E-state index in [1.54, 1.807) is 11.3 Å². The van der Waals surface area contributed by atoms with E-state index in [0.717, 1.165) is 76.8 Å². The van der Waals surface area contributed by atoms with E-state index in [-0.39, 0.29) is 11.7 Å². The fraction of sp³-hybridized carbons (Fsp3) is 0.789. The number of rotatable bonds is 6. The van der Waals surface area contributed by atoms with Crippen molar-refractivity contribution >= 4 is 22.6 Å². The predicted molar refractivity (Wildman–Crippen MR) is 108 cm³/mol. The SMILES string of the molecule is CCN1CCN(CCCN2CC3(CCN(c4nccs4)CC3)OC2=O)CC1. The van der Waals surface area contributed by atoms with E-state index in [2.05, 4.69) is 26.6 Å². The molecule has 4 rings (SSSR count). The number of thiazole rings is 1. The third-order valence-corrected chi connectivity index (χ3v) is 7.05. The van der Waals surface area contributed by atoms with Gasteiger partial charge in [-0.05, 0) is 19.5 Å². The lowest BCUT2D eigenvalue weighted by atomic mass is 9.91. The van der Waals surface area contributed by atoms with Crippen LogP contribution >= 0.6 is 11.3 Å². The molecular formula is C19H31N5O2S. The zero-order valence-electron chi connectivity index (χ0n) is 16.3. The Morgan fingerprint density at radius 1 is 1.11 bits per heavy atom. The Labute approximate surface area is 165 Å². The fourth-order valence-electron chi connectivity index (χ4n) is 4.42. The van der Waals surface area contributed by atoms with Crippen LogP contribution in [0.5, 0.6) is 0 Å². The van der Waals surface area contributed by atoms with Gasteiger partial charge in [0.25, 0.3) is 0 Å². The van der Waals surface area contributed by atoms with Crippen LogP contribution in [-0.4, -0.2) is 96.8 Å². The molecule has 0 N–H and O–H groups in total. The van der Waals surface area contributed by atoms with Crippen molar-refractivity contribution in [2.24, 2.45) is 0 Å². The molecule has 1 aromatic rings. The van der Waals surface area contributed by atoms with Gasteiger partial charge in [-0.25, -0.2) is 9.78 Å². The van der Waals surface area contributed by atoms with Gasteiger partial charge in [-0.15, -0.1) is 11.3 Å². The summed E-state index contributed by atoms with van der Waals surface area (Å²) in [4.78, 5) is 26.0. The number of piperazine rings is 1. The smallest absolute Gasteiger partial charge is 0.410 e. The molecule has 0 unspecified atom stereocenters. The maximum atomic E-state index is 12.4. The number of carbonyl (C=O) groups excluding carboxylic acids is 1. The van der Waals surface area contributed by atoms with Gasteiger partial charge < -0.3 is 24.3 Å². The standard InChI is InChI=1S/C19H31N5O2S/c1-2-21-11-13-22(14-12-21)7-3-8-24-16-19(26-18(24)25)4-9-23(10-5-19)17-20-6-15-27-17/h6,15H,2-5,7-14,16H2,1H3. The number of hydrogen-bond donors (Lipinski definition) is 0. The second kappa shape index (κ2) is 8.32. The van der Waals surface area contributed by atoms with E-state index in [1.807, 2.05) is 16.5 Å². The van der Waals surface area contributed by atoms with Gasteiger partial charge in [0.15, 0.2) is 5.13 Å². The molecule has 0 aromatic carbocycles. The van der Waals surface area contributed by atoms with Crippen LogP contribution in [0.3, 0.4) is 0 Å². The van der Waals surface area contributed by atoms with Crippen LogP contribution in [0.4, 0.5) is 9.93 Å². The fourth-order valence-corrected chi connectivity index (χ4v) is 5.11. The number of ether oxygens (including phenoxy) is 1. The number of anilines is 1. The third kappa shape index (κ3) is 4.38. The van der Waals surface area contributed by atoms with E-state index in [0.29, 0.717) is 0 Å². The number of hydrogen-bond acceptors (Lipinski definition) is 7. The first kappa shape index (κ1) is 19.0. The van der Waals surface area contributed by atoms with Crippen LogP contribution in [-0.2, 0) is 4.74 Å². The Morgan fingerprint density at radius 3 is 2.52 bits per heavy atom. The van der Waals surface area contributed by atoms with Gasteiger partial charge in [-0.1, -0.05) is 6.92 Å². The van der Waals surface area contributed by atoms with Crippen molar-refractivity contribution < 1.29 is 9.53 Å². The molecule has 3 aliphatic rings. The first-order chi connectivity index (χ1) is 13.2. The minimum absolute atomic E-state index is 0.117. The summed E-state index contributed by atoms with van der Waals surface area (Å²) in [6, 6.07) is 0. The van der Waals surface area contributed by atoms with Gasteiger partial charge in [-0.2, -0.15) is 0 Å². The summed E-state index contributed by atoms with van der Waals surface area (Å²) in [5.74, 6) is 0. The molecule has 0 atom stereocenters. The van der Waals surface area contributed by atoms with Gasteiger partial charge in [0.05, 0.1) is 6.54 Å². The monoisotopic (exact) mass is 393 g/mol. The predicted octanol–water partition coefficient (Wildman–Crippen LogP) is 1.96. The van der Waals surface area contributed by atoms with Crippen LogP contribution in [0.25, 0.3) is 0 Å². The van der Waals surface area contributed by atoms with Crippen molar-refractivity contribution in [1.82, 2.24) is 19.7 Å². The largest absolute Gasteiger partial charge is 0.441 e. The zero-order chi connectivity index (χ0) is 18.7. The molecule has 8 heteroatoms. The summed E-state index contributed by atoms with van der Waals surface area (Å²) in [5.41, 5.74) is -0.280. The molecule has 7 nitrogen and oxygen atoms in total. The minimum Gasteiger partial charge on any atom is -0.441 e. The Kier molecular flexibility index (Phi) is 5.85. The molecule has 1 spiro atoms. The molecule has 0 bridgehead atoms. The molecule has 1 aromatic heterocycles. The van der Waals surface area contributed by atoms with Gasteiger partial charge in [0.2, 0.25) is 0 Å². The number of piperidine rings is 1. The highest BCUT2D eigenvalue weighted by atomic mass is 32.1. The lowest BCUT2D eigenvalue weighted by Gasteiger charge is -2.37. The minimum atomic E-state index is -0.280. The van der Waals surface area contributed by atoms with Crippen LogP contribution < -0.4 is 4.90 Å². The van der Waals surface area contributed by atoms with Crippen LogP contribution in [0.15, 0.2) is 11.6 Å². The molecule has 27 heavy (non-hydrogen) atoms. The maximum Gasteiger partial charge on any atom is 0.410 e. The number of aromatic nitrogens is 1. The van der Waals surface area contributed by atoms with E-state index >= 15 is 0 Å². The molecule has 0 radical (unpaired) electrons. The maximum absolute atomic E-state index is 12.4. The molecular weight excluding hydrogens is 362 g/mol. The van der Waals surface area contributed by atoms with E-state index < -0.39 is 0 Å². The van der Waals surface area contributed by atoms with Crippen LogP contribution in [0.2, 0.25) is 0 Å². The van der Waals surface area contributed by atoms with Gasteiger partial charge in [0.1, 0.15) is 5.60 Å². The third-order valence-electron chi connectivity index (χ3n) is 6.22. The molecule has 4 heterocycles. The van der Waals surface area contributed by atoms with Crippen molar-refractivity contribution in [3.63, 3.8) is 0 Å². The highest BCUT2D eigenvalue weighted by Gasteiger charge is 2.46. The number of carbonyl (C=O) groups is 1. The quantitative estimate of drug-likeness (QED) is 0.737. The molecule has 3 saturated heterocycles. The van der Waals surface area contributed by atoms with Crippen molar-refractivity contribution in [3.05, 3.63) is 11.6 Å². The normalized spacial score (nSPS) is 24.0. The number of nitrogens with zero attached hydrogens (tertiary/aromatic N) is 5. The molecule has 0 saturated carbocycles. The molecule has 1 amide bonds. The second-order valence-corrected chi connectivity index (χ2v) is 8.78. The highest BCUT2D eigenvalue weighted by Crippen LogP contribution is 2.35. The van der Waals surface area contributed by atoms with Gasteiger partial charge in [0, 0.05) is 70.2 Å². The van der Waals surface area contributed by atoms with Gasteiger partial charge in [-0.3, -0.25) is 0 Å². The average molecular weight is 394 g/mol. The molecule has 150 valence electrons. The number of amides is 1. The Hall–Kier alpha value is -1.38. The number of likely N-dealkylation sites (N-methyl/N-ethyl adjacent to an activating group) is 1. The summed E-state index contributed by atoms with van der Waals surface area (Å²) in [5, 5.41) is 3.09. The topological polar surface area (TPSA) is 52.1 Å². The van der Waals surface area contributed by atoms with E-state index in [4.69, 9.17) is 4.74 Å². The van der Waals surface area contributed by atoms with Crippen molar-refractivity contribution in [2.75, 3.05) is 70.3 Å². The summed E-state index contributed by atoms with van der Waals surface area (Å²) in [7, 11) is 0. The van der Waals surface area contributed by atoms with Gasteiger partial charge >= 0.3 is 6.09 Å².